The molecule has 0 aliphatic rings. The maximum atomic E-state index is 13.5. The molecule has 0 saturated carbocycles. The van der Waals surface area contributed by atoms with E-state index in [-0.39, 0.29) is 16.5 Å². The average Bonchev–Trinajstić information content (AvgIpc) is 2.70. The van der Waals surface area contributed by atoms with E-state index < -0.39 is 5.82 Å². The number of carbonyl (C=O) groups excluding carboxylic acids is 1. The summed E-state index contributed by atoms with van der Waals surface area (Å²) in [6.45, 7) is 1.79. The molecule has 1 heterocycles. The number of nitrogens with one attached hydrogen (secondary N) is 1. The third kappa shape index (κ3) is 2.83. The van der Waals surface area contributed by atoms with Crippen LogP contribution in [0, 0.1) is 12.7 Å². The first-order valence-electron chi connectivity index (χ1n) is 5.80. The van der Waals surface area contributed by atoms with Gasteiger partial charge in [0.15, 0.2) is 0 Å². The van der Waals surface area contributed by atoms with Gasteiger partial charge in [0, 0.05) is 18.3 Å². The Morgan fingerprint density at radius 3 is 2.70 bits per heavy atom. The lowest BCUT2D eigenvalue weighted by molar-refractivity contribution is 0.101. The Hall–Kier alpha value is -2.28. The summed E-state index contributed by atoms with van der Waals surface area (Å²) in [4.78, 5) is 12.0. The number of hydrogen-bond donors (Lipinski definition) is 2. The van der Waals surface area contributed by atoms with Crippen LogP contribution in [0.1, 0.15) is 21.7 Å². The van der Waals surface area contributed by atoms with Crippen molar-refractivity contribution < 1.29 is 9.18 Å². The van der Waals surface area contributed by atoms with Crippen LogP contribution in [0.4, 0.5) is 10.1 Å². The number of rotatable bonds is 3. The van der Waals surface area contributed by atoms with E-state index in [9.17, 15) is 9.18 Å². The van der Waals surface area contributed by atoms with Crippen molar-refractivity contribution in [3.8, 4) is 0 Å². The smallest absolute Gasteiger partial charge is 0.273 e. The third-order valence-corrected chi connectivity index (χ3v) is 2.94. The average molecular weight is 292 g/mol. The molecule has 0 saturated heterocycles. The molecule has 0 fully saturated rings. The lowest BCUT2D eigenvalue weighted by Gasteiger charge is -2.07. The van der Waals surface area contributed by atoms with Gasteiger partial charge in [0.2, 0.25) is 0 Å². The SMILES string of the molecule is Cc1cc(C(=O)Nc2ccc(F)c(C(N)=S)c2)n(C)n1. The van der Waals surface area contributed by atoms with Gasteiger partial charge in [-0.3, -0.25) is 9.48 Å². The molecule has 0 aliphatic carbocycles. The topological polar surface area (TPSA) is 72.9 Å². The summed E-state index contributed by atoms with van der Waals surface area (Å²) >= 11 is 4.75. The summed E-state index contributed by atoms with van der Waals surface area (Å²) in [5.74, 6) is -0.861. The lowest BCUT2D eigenvalue weighted by Crippen LogP contribution is -2.17. The normalized spacial score (nSPS) is 10.3. The van der Waals surface area contributed by atoms with Crippen molar-refractivity contribution in [1.29, 1.82) is 0 Å². The van der Waals surface area contributed by atoms with Crippen LogP contribution in [0.5, 0.6) is 0 Å². The highest BCUT2D eigenvalue weighted by molar-refractivity contribution is 7.80. The van der Waals surface area contributed by atoms with Gasteiger partial charge >= 0.3 is 0 Å². The number of amides is 1. The van der Waals surface area contributed by atoms with E-state index >= 15 is 0 Å². The molecule has 1 aromatic carbocycles. The number of anilines is 1. The van der Waals surface area contributed by atoms with Gasteiger partial charge in [0.25, 0.3) is 5.91 Å². The predicted molar refractivity (Wildman–Crippen MR) is 78.2 cm³/mol. The van der Waals surface area contributed by atoms with Crippen LogP contribution in [-0.2, 0) is 7.05 Å². The standard InChI is InChI=1S/C13H13FN4OS/c1-7-5-11(18(2)17-7)13(19)16-8-3-4-10(14)9(6-8)12(15)20/h3-6H,1-2H3,(H2,15,20)(H,16,19). The van der Waals surface area contributed by atoms with Crippen molar-refractivity contribution in [2.45, 2.75) is 6.92 Å². The molecule has 0 unspecified atom stereocenters. The fourth-order valence-electron chi connectivity index (χ4n) is 1.81. The van der Waals surface area contributed by atoms with Crippen LogP contribution < -0.4 is 11.1 Å². The van der Waals surface area contributed by atoms with E-state index in [1.54, 1.807) is 20.0 Å². The first kappa shape index (κ1) is 14.1. The highest BCUT2D eigenvalue weighted by atomic mass is 32.1. The number of nitrogens with two attached hydrogens (primary N) is 1. The van der Waals surface area contributed by atoms with Gasteiger partial charge in [0.1, 0.15) is 16.5 Å². The van der Waals surface area contributed by atoms with Crippen LogP contribution in [0.25, 0.3) is 0 Å². The van der Waals surface area contributed by atoms with Crippen molar-refractivity contribution in [2.75, 3.05) is 5.32 Å². The zero-order chi connectivity index (χ0) is 14.9. The quantitative estimate of drug-likeness (QED) is 0.845. The van der Waals surface area contributed by atoms with E-state index in [4.69, 9.17) is 18.0 Å². The maximum Gasteiger partial charge on any atom is 0.273 e. The minimum Gasteiger partial charge on any atom is -0.389 e. The molecule has 1 amide bonds. The van der Waals surface area contributed by atoms with Crippen LogP contribution in [0.15, 0.2) is 24.3 Å². The van der Waals surface area contributed by atoms with Gasteiger partial charge in [0.05, 0.1) is 5.69 Å². The molecule has 0 aliphatic heterocycles. The molecule has 1 aromatic heterocycles. The third-order valence-electron chi connectivity index (χ3n) is 2.72. The molecule has 20 heavy (non-hydrogen) atoms. The molecular formula is C13H13FN4OS. The zero-order valence-corrected chi connectivity index (χ0v) is 11.8. The summed E-state index contributed by atoms with van der Waals surface area (Å²) in [6.07, 6.45) is 0. The maximum absolute atomic E-state index is 13.5. The van der Waals surface area contributed by atoms with Gasteiger partial charge in [-0.1, -0.05) is 12.2 Å². The molecular weight excluding hydrogens is 279 g/mol. The Kier molecular flexibility index (Phi) is 3.80. The second-order valence-corrected chi connectivity index (χ2v) is 4.75. The minimum atomic E-state index is -0.521. The number of halogens is 1. The van der Waals surface area contributed by atoms with E-state index in [1.165, 1.54) is 22.9 Å². The van der Waals surface area contributed by atoms with Crippen LogP contribution in [0.2, 0.25) is 0 Å². The number of hydrogen-bond acceptors (Lipinski definition) is 3. The Morgan fingerprint density at radius 1 is 1.45 bits per heavy atom. The number of carbonyl (C=O) groups is 1. The number of aryl methyl sites for hydroxylation is 2. The Balaban J connectivity index is 2.26. The lowest BCUT2D eigenvalue weighted by atomic mass is 10.2. The molecule has 7 heteroatoms. The van der Waals surface area contributed by atoms with Crippen molar-refractivity contribution in [3.63, 3.8) is 0 Å². The second kappa shape index (κ2) is 5.38. The molecule has 0 atom stereocenters. The van der Waals surface area contributed by atoms with E-state index in [0.29, 0.717) is 11.4 Å². The fraction of sp³-hybridized carbons (Fsp3) is 0.154. The fourth-order valence-corrected chi connectivity index (χ4v) is 1.97. The number of benzene rings is 1. The largest absolute Gasteiger partial charge is 0.389 e. The number of nitrogens with zero attached hydrogens (tertiary/aromatic N) is 2. The van der Waals surface area contributed by atoms with Gasteiger partial charge in [-0.25, -0.2) is 4.39 Å². The van der Waals surface area contributed by atoms with E-state index in [1.807, 2.05) is 0 Å². The summed E-state index contributed by atoms with van der Waals surface area (Å²) in [6, 6.07) is 5.71. The van der Waals surface area contributed by atoms with Gasteiger partial charge < -0.3 is 11.1 Å². The molecule has 0 spiro atoms. The molecule has 104 valence electrons. The van der Waals surface area contributed by atoms with Crippen LogP contribution >= 0.6 is 12.2 Å². The van der Waals surface area contributed by atoms with Crippen LogP contribution in [0.3, 0.4) is 0 Å². The molecule has 5 nitrogen and oxygen atoms in total. The Bertz CT molecular complexity index is 696. The molecule has 2 aromatic rings. The Morgan fingerprint density at radius 2 is 2.15 bits per heavy atom. The first-order valence-corrected chi connectivity index (χ1v) is 6.20. The van der Waals surface area contributed by atoms with E-state index in [0.717, 1.165) is 5.69 Å². The monoisotopic (exact) mass is 292 g/mol. The Labute approximate surface area is 120 Å². The van der Waals surface area contributed by atoms with Crippen molar-refractivity contribution in [2.24, 2.45) is 12.8 Å². The van der Waals surface area contributed by atoms with Crippen molar-refractivity contribution in [1.82, 2.24) is 9.78 Å². The summed E-state index contributed by atoms with van der Waals surface area (Å²) in [5.41, 5.74) is 7.07. The van der Waals surface area contributed by atoms with E-state index in [2.05, 4.69) is 10.4 Å². The van der Waals surface area contributed by atoms with Crippen LogP contribution in [-0.4, -0.2) is 20.7 Å². The predicted octanol–water partition coefficient (Wildman–Crippen LogP) is 1.75. The minimum absolute atomic E-state index is 0.0602. The number of thiocarbonyl (C=S) groups is 1. The highest BCUT2D eigenvalue weighted by Gasteiger charge is 2.13. The zero-order valence-electron chi connectivity index (χ0n) is 11.0. The molecule has 0 bridgehead atoms. The van der Waals surface area contributed by atoms with Gasteiger partial charge in [-0.15, -0.1) is 0 Å². The molecule has 2 rings (SSSR count). The van der Waals surface area contributed by atoms with Gasteiger partial charge in [-0.2, -0.15) is 5.10 Å². The van der Waals surface area contributed by atoms with Crippen molar-refractivity contribution >= 4 is 28.8 Å². The molecule has 0 radical (unpaired) electrons. The van der Waals surface area contributed by atoms with Gasteiger partial charge in [-0.05, 0) is 31.2 Å². The summed E-state index contributed by atoms with van der Waals surface area (Å²) < 4.78 is 14.9. The summed E-state index contributed by atoms with van der Waals surface area (Å²) in [5, 5.41) is 6.74. The molecule has 3 N–H and O–H groups in total. The first-order chi connectivity index (χ1) is 9.38. The second-order valence-electron chi connectivity index (χ2n) is 4.31. The highest BCUT2D eigenvalue weighted by Crippen LogP contribution is 2.16. The van der Waals surface area contributed by atoms with Crippen molar-refractivity contribution in [3.05, 3.63) is 47.0 Å². The number of aromatic nitrogens is 2. The summed E-state index contributed by atoms with van der Waals surface area (Å²) in [7, 11) is 1.67.